The third-order valence-corrected chi connectivity index (χ3v) is 4.07. The summed E-state index contributed by atoms with van der Waals surface area (Å²) in [5, 5.41) is 15.8. The average Bonchev–Trinajstić information content (AvgIpc) is 3.30. The molecule has 0 bridgehead atoms. The summed E-state index contributed by atoms with van der Waals surface area (Å²) in [5.41, 5.74) is 2.50. The van der Waals surface area contributed by atoms with Crippen molar-refractivity contribution in [2.45, 2.75) is 39.3 Å². The summed E-state index contributed by atoms with van der Waals surface area (Å²) in [6, 6.07) is 7.05. The average molecular weight is 406 g/mol. The zero-order chi connectivity index (χ0) is 21.0. The molecule has 152 valence electrons. The Labute approximate surface area is 164 Å². The predicted molar refractivity (Wildman–Crippen MR) is 93.8 cm³/mol. The molecular weight excluding hydrogens is 389 g/mol. The molecule has 0 aliphatic carbocycles. The van der Waals surface area contributed by atoms with Crippen molar-refractivity contribution in [1.29, 1.82) is 5.26 Å². The van der Waals surface area contributed by atoms with Crippen molar-refractivity contribution >= 4 is 0 Å². The fraction of sp³-hybridized carbons (Fsp3) is 0.368. The lowest BCUT2D eigenvalue weighted by Gasteiger charge is -2.13. The number of benzene rings is 1. The summed E-state index contributed by atoms with van der Waals surface area (Å²) in [7, 11) is 0. The van der Waals surface area contributed by atoms with E-state index in [1.807, 2.05) is 6.07 Å². The van der Waals surface area contributed by atoms with Gasteiger partial charge in [-0.05, 0) is 43.5 Å². The van der Waals surface area contributed by atoms with Gasteiger partial charge in [-0.3, -0.25) is 0 Å². The van der Waals surface area contributed by atoms with Gasteiger partial charge in [0, 0.05) is 18.1 Å². The van der Waals surface area contributed by atoms with E-state index < -0.39 is 12.1 Å². The number of rotatable bonds is 7. The van der Waals surface area contributed by atoms with Crippen LogP contribution in [-0.4, -0.2) is 21.9 Å². The number of aromatic nitrogens is 3. The van der Waals surface area contributed by atoms with Gasteiger partial charge in [0.25, 0.3) is 0 Å². The Balaban J connectivity index is 1.62. The van der Waals surface area contributed by atoms with Gasteiger partial charge in [-0.2, -0.15) is 23.4 Å². The first kappa shape index (κ1) is 20.4. The second kappa shape index (κ2) is 8.34. The Morgan fingerprint density at radius 2 is 1.83 bits per heavy atom. The minimum absolute atomic E-state index is 0.131. The maximum atomic E-state index is 12.6. The lowest BCUT2D eigenvalue weighted by Crippen LogP contribution is -2.05. The Hall–Kier alpha value is -3.35. The summed E-state index contributed by atoms with van der Waals surface area (Å²) in [5.74, 6) is -0.182. The van der Waals surface area contributed by atoms with Crippen molar-refractivity contribution in [2.24, 2.45) is 0 Å². The van der Waals surface area contributed by atoms with Gasteiger partial charge in [0.2, 0.25) is 5.82 Å². The van der Waals surface area contributed by atoms with Crippen molar-refractivity contribution in [3.63, 3.8) is 0 Å². The number of aryl methyl sites for hydroxylation is 3. The number of ether oxygens (including phenoxy) is 1. The van der Waals surface area contributed by atoms with Crippen LogP contribution in [0.2, 0.25) is 0 Å². The van der Waals surface area contributed by atoms with Crippen molar-refractivity contribution in [1.82, 2.24) is 15.3 Å². The van der Waals surface area contributed by atoms with Gasteiger partial charge in [-0.1, -0.05) is 10.3 Å². The third kappa shape index (κ3) is 4.93. The molecule has 0 aliphatic rings. The molecule has 29 heavy (non-hydrogen) atoms. The van der Waals surface area contributed by atoms with E-state index in [2.05, 4.69) is 19.8 Å². The van der Waals surface area contributed by atoms with Crippen LogP contribution < -0.4 is 4.74 Å². The van der Waals surface area contributed by atoms with E-state index in [1.54, 1.807) is 32.0 Å². The van der Waals surface area contributed by atoms with Gasteiger partial charge in [0.1, 0.15) is 11.5 Å². The molecule has 0 radical (unpaired) electrons. The zero-order valence-corrected chi connectivity index (χ0v) is 15.7. The normalized spacial score (nSPS) is 11.4. The Kier molecular flexibility index (Phi) is 5.87. The van der Waals surface area contributed by atoms with Gasteiger partial charge < -0.3 is 13.8 Å². The minimum atomic E-state index is -4.68. The number of halogens is 3. The van der Waals surface area contributed by atoms with Crippen LogP contribution >= 0.6 is 0 Å². The molecule has 1 aromatic carbocycles. The molecule has 0 atom stereocenters. The van der Waals surface area contributed by atoms with E-state index >= 15 is 0 Å². The van der Waals surface area contributed by atoms with Gasteiger partial charge in [-0.15, -0.1) is 0 Å². The largest absolute Gasteiger partial charge is 0.493 e. The van der Waals surface area contributed by atoms with Crippen LogP contribution in [0.4, 0.5) is 13.2 Å². The van der Waals surface area contributed by atoms with Gasteiger partial charge in [0.15, 0.2) is 0 Å². The number of hydrogen-bond acceptors (Lipinski definition) is 7. The van der Waals surface area contributed by atoms with Gasteiger partial charge in [-0.25, -0.2) is 0 Å². The molecule has 0 saturated heterocycles. The number of alkyl halides is 3. The van der Waals surface area contributed by atoms with E-state index in [0.29, 0.717) is 42.2 Å². The molecule has 2 heterocycles. The SMILES string of the molecule is Cc1cc(-c2noc(C(F)(F)F)n2)cc(C)c1OCCCc1cc(CC#N)no1. The summed E-state index contributed by atoms with van der Waals surface area (Å²) in [4.78, 5) is 3.41. The molecule has 2 aromatic heterocycles. The predicted octanol–water partition coefficient (Wildman–Crippen LogP) is 4.44. The molecule has 0 spiro atoms. The highest BCUT2D eigenvalue weighted by molar-refractivity contribution is 5.61. The molecule has 0 unspecified atom stereocenters. The fourth-order valence-corrected chi connectivity index (χ4v) is 2.82. The van der Waals surface area contributed by atoms with E-state index in [9.17, 15) is 13.2 Å². The fourth-order valence-electron chi connectivity index (χ4n) is 2.82. The van der Waals surface area contributed by atoms with Crippen LogP contribution in [0.25, 0.3) is 11.4 Å². The van der Waals surface area contributed by atoms with Crippen molar-refractivity contribution in [3.8, 4) is 23.2 Å². The van der Waals surface area contributed by atoms with Gasteiger partial charge in [0.05, 0.1) is 24.8 Å². The first-order valence-electron chi connectivity index (χ1n) is 8.74. The second-order valence-electron chi connectivity index (χ2n) is 6.43. The maximum absolute atomic E-state index is 12.6. The van der Waals surface area contributed by atoms with Gasteiger partial charge >= 0.3 is 12.1 Å². The molecule has 0 aliphatic heterocycles. The molecule has 7 nitrogen and oxygen atoms in total. The molecule has 3 aromatic rings. The molecule has 0 N–H and O–H groups in total. The highest BCUT2D eigenvalue weighted by Crippen LogP contribution is 2.32. The molecule has 0 fully saturated rings. The first-order chi connectivity index (χ1) is 13.8. The van der Waals surface area contributed by atoms with Crippen molar-refractivity contribution in [3.05, 3.63) is 46.7 Å². The quantitative estimate of drug-likeness (QED) is 0.535. The highest BCUT2D eigenvalue weighted by atomic mass is 19.4. The third-order valence-electron chi connectivity index (χ3n) is 4.07. The van der Waals surface area contributed by atoms with Crippen LogP contribution in [0.5, 0.6) is 5.75 Å². The van der Waals surface area contributed by atoms with E-state index in [4.69, 9.17) is 14.5 Å². The lowest BCUT2D eigenvalue weighted by atomic mass is 10.1. The van der Waals surface area contributed by atoms with Crippen LogP contribution in [0.15, 0.2) is 27.2 Å². The Bertz CT molecular complexity index is 1010. The van der Waals surface area contributed by atoms with E-state index in [-0.39, 0.29) is 12.2 Å². The van der Waals surface area contributed by atoms with Crippen LogP contribution in [0.1, 0.15) is 34.9 Å². The molecule has 3 rings (SSSR count). The molecule has 0 saturated carbocycles. The summed E-state index contributed by atoms with van der Waals surface area (Å²) >= 11 is 0. The maximum Gasteiger partial charge on any atom is 0.471 e. The van der Waals surface area contributed by atoms with Crippen molar-refractivity contribution < 1.29 is 27.0 Å². The Morgan fingerprint density at radius 3 is 2.45 bits per heavy atom. The van der Waals surface area contributed by atoms with E-state index in [0.717, 1.165) is 11.1 Å². The molecule has 0 amide bonds. The van der Waals surface area contributed by atoms with Crippen molar-refractivity contribution in [2.75, 3.05) is 6.61 Å². The standard InChI is InChI=1S/C19H17F3N4O3/c1-11-8-13(17-24-18(29-26-17)19(20,21)22)9-12(2)16(11)27-7-3-4-15-10-14(5-6-23)25-28-15/h8-10H,3-5,7H2,1-2H3. The minimum Gasteiger partial charge on any atom is -0.493 e. The number of hydrogen-bond donors (Lipinski definition) is 0. The number of nitrogens with zero attached hydrogens (tertiary/aromatic N) is 4. The second-order valence-corrected chi connectivity index (χ2v) is 6.43. The van der Waals surface area contributed by atoms with Crippen LogP contribution in [0.3, 0.4) is 0 Å². The van der Waals surface area contributed by atoms with E-state index in [1.165, 1.54) is 0 Å². The lowest BCUT2D eigenvalue weighted by molar-refractivity contribution is -0.159. The summed E-state index contributed by atoms with van der Waals surface area (Å²) in [6.45, 7) is 4.00. The van der Waals surface area contributed by atoms with Crippen LogP contribution in [0, 0.1) is 25.2 Å². The zero-order valence-electron chi connectivity index (χ0n) is 15.7. The smallest absolute Gasteiger partial charge is 0.471 e. The first-order valence-corrected chi connectivity index (χ1v) is 8.74. The number of nitriles is 1. The highest BCUT2D eigenvalue weighted by Gasteiger charge is 2.38. The Morgan fingerprint density at radius 1 is 1.10 bits per heavy atom. The van der Waals surface area contributed by atoms with Crippen LogP contribution in [-0.2, 0) is 19.0 Å². The summed E-state index contributed by atoms with van der Waals surface area (Å²) in [6.07, 6.45) is -3.20. The topological polar surface area (TPSA) is 98.0 Å². The monoisotopic (exact) mass is 406 g/mol. The summed E-state index contributed by atoms with van der Waals surface area (Å²) < 4.78 is 53.2. The molecule has 10 heteroatoms. The molecular formula is C19H17F3N4O3.